The van der Waals surface area contributed by atoms with Crippen LogP contribution in [0.5, 0.6) is 0 Å². The molecule has 1 aromatic carbocycles. The van der Waals surface area contributed by atoms with Gasteiger partial charge < -0.3 is 16.4 Å². The molecule has 2 unspecified atom stereocenters. The van der Waals surface area contributed by atoms with Gasteiger partial charge in [-0.1, -0.05) is 18.6 Å². The van der Waals surface area contributed by atoms with Gasteiger partial charge in [-0.25, -0.2) is 4.98 Å². The number of benzene rings is 1. The summed E-state index contributed by atoms with van der Waals surface area (Å²) in [7, 11) is 0. The number of nitrogens with one attached hydrogen (secondary N) is 2. The highest BCUT2D eigenvalue weighted by Gasteiger charge is 2.40. The van der Waals surface area contributed by atoms with Crippen LogP contribution >= 0.6 is 11.3 Å². The van der Waals surface area contributed by atoms with Gasteiger partial charge in [-0.15, -0.1) is 11.3 Å². The highest BCUT2D eigenvalue weighted by atomic mass is 32.1. The summed E-state index contributed by atoms with van der Waals surface area (Å²) < 4.78 is 0. The fourth-order valence-electron chi connectivity index (χ4n) is 4.60. The monoisotopic (exact) mass is 398 g/mol. The summed E-state index contributed by atoms with van der Waals surface area (Å²) in [5, 5.41) is 8.33. The molecule has 2 aliphatic rings. The molecule has 7 heteroatoms. The number of nitrogens with two attached hydrogens (primary N) is 1. The van der Waals surface area contributed by atoms with Crippen LogP contribution < -0.4 is 16.4 Å². The molecule has 0 saturated heterocycles. The molecule has 1 aromatic heterocycles. The summed E-state index contributed by atoms with van der Waals surface area (Å²) in [5.74, 6) is 0.985. The predicted molar refractivity (Wildman–Crippen MR) is 112 cm³/mol. The van der Waals surface area contributed by atoms with Gasteiger partial charge in [0, 0.05) is 35.5 Å². The Bertz CT molecular complexity index is 850. The zero-order chi connectivity index (χ0) is 19.7. The minimum atomic E-state index is -0.0979. The Kier molecular flexibility index (Phi) is 5.46. The number of anilines is 2. The maximum absolute atomic E-state index is 12.8. The molecule has 0 aliphatic heterocycles. The number of fused-ring (bicyclic) bond motifs is 2. The van der Waals surface area contributed by atoms with Crippen LogP contribution in [0.25, 0.3) is 11.3 Å². The summed E-state index contributed by atoms with van der Waals surface area (Å²) in [4.78, 5) is 28.5. The van der Waals surface area contributed by atoms with E-state index in [1.165, 1.54) is 24.7 Å². The molecule has 6 nitrogen and oxygen atoms in total. The minimum absolute atomic E-state index is 0.0411. The first-order valence-electron chi connectivity index (χ1n) is 9.89. The second-order valence-electron chi connectivity index (χ2n) is 7.98. The molecule has 2 amide bonds. The van der Waals surface area contributed by atoms with E-state index < -0.39 is 0 Å². The van der Waals surface area contributed by atoms with Crippen LogP contribution in [-0.4, -0.2) is 22.8 Å². The molecule has 2 bridgehead atoms. The van der Waals surface area contributed by atoms with E-state index in [9.17, 15) is 9.59 Å². The molecule has 28 heavy (non-hydrogen) atoms. The van der Waals surface area contributed by atoms with Crippen molar-refractivity contribution in [2.45, 2.75) is 45.1 Å². The molecule has 2 fully saturated rings. The Morgan fingerprint density at radius 3 is 2.43 bits per heavy atom. The maximum Gasteiger partial charge on any atom is 0.229 e. The first-order valence-corrected chi connectivity index (χ1v) is 10.8. The molecular weight excluding hydrogens is 372 g/mol. The smallest absolute Gasteiger partial charge is 0.229 e. The molecule has 4 N–H and O–H groups in total. The van der Waals surface area contributed by atoms with E-state index in [1.807, 2.05) is 29.6 Å². The van der Waals surface area contributed by atoms with Crippen molar-refractivity contribution < 1.29 is 9.59 Å². The van der Waals surface area contributed by atoms with Gasteiger partial charge in [0.25, 0.3) is 0 Å². The fraction of sp³-hybridized carbons (Fsp3) is 0.476. The van der Waals surface area contributed by atoms with Crippen LogP contribution in [0, 0.1) is 17.8 Å². The lowest BCUT2D eigenvalue weighted by atomic mass is 9.65. The summed E-state index contributed by atoms with van der Waals surface area (Å²) in [6, 6.07) is 7.78. The molecule has 1 heterocycles. The summed E-state index contributed by atoms with van der Waals surface area (Å²) >= 11 is 1.44. The van der Waals surface area contributed by atoms with Crippen molar-refractivity contribution in [1.29, 1.82) is 0 Å². The van der Waals surface area contributed by atoms with Gasteiger partial charge >= 0.3 is 0 Å². The lowest BCUT2D eigenvalue weighted by Gasteiger charge is -2.43. The number of thiazole rings is 1. The molecule has 148 valence electrons. The summed E-state index contributed by atoms with van der Waals surface area (Å²) in [6.45, 7) is 1.48. The molecule has 2 aliphatic carbocycles. The van der Waals surface area contributed by atoms with Gasteiger partial charge in [0.1, 0.15) is 0 Å². The molecule has 0 radical (unpaired) electrons. The minimum Gasteiger partial charge on any atom is -0.327 e. The van der Waals surface area contributed by atoms with Crippen LogP contribution in [0.2, 0.25) is 0 Å². The normalized spacial score (nSPS) is 26.5. The van der Waals surface area contributed by atoms with E-state index >= 15 is 0 Å². The number of hydrogen-bond acceptors (Lipinski definition) is 5. The zero-order valence-corrected chi connectivity index (χ0v) is 16.8. The van der Waals surface area contributed by atoms with Gasteiger partial charge in [0.2, 0.25) is 11.8 Å². The number of nitrogens with zero attached hydrogens (tertiary/aromatic N) is 1. The van der Waals surface area contributed by atoms with Crippen molar-refractivity contribution >= 4 is 34.0 Å². The molecule has 2 atom stereocenters. The van der Waals surface area contributed by atoms with Crippen LogP contribution in [0.3, 0.4) is 0 Å². The number of hydrogen-bond donors (Lipinski definition) is 3. The van der Waals surface area contributed by atoms with Crippen molar-refractivity contribution in [3.63, 3.8) is 0 Å². The van der Waals surface area contributed by atoms with Gasteiger partial charge in [-0.3, -0.25) is 9.59 Å². The van der Waals surface area contributed by atoms with Gasteiger partial charge in [-0.2, -0.15) is 0 Å². The molecule has 0 spiro atoms. The first-order chi connectivity index (χ1) is 13.5. The number of rotatable bonds is 4. The molecular formula is C21H26N4O2S. The summed E-state index contributed by atoms with van der Waals surface area (Å²) in [5.41, 5.74) is 8.85. The van der Waals surface area contributed by atoms with E-state index in [2.05, 4.69) is 15.6 Å². The van der Waals surface area contributed by atoms with Crippen molar-refractivity contribution in [2.24, 2.45) is 23.5 Å². The van der Waals surface area contributed by atoms with E-state index in [1.54, 1.807) is 0 Å². The first kappa shape index (κ1) is 19.1. The average Bonchev–Trinajstić information content (AvgIpc) is 3.10. The Morgan fingerprint density at radius 2 is 1.79 bits per heavy atom. The Hall–Kier alpha value is -2.25. The number of amides is 2. The lowest BCUT2D eigenvalue weighted by Crippen LogP contribution is -2.48. The second-order valence-corrected chi connectivity index (χ2v) is 8.84. The van der Waals surface area contributed by atoms with E-state index in [0.717, 1.165) is 42.6 Å². The molecule has 2 aromatic rings. The second kappa shape index (κ2) is 8.01. The third-order valence-electron chi connectivity index (χ3n) is 6.02. The highest BCUT2D eigenvalue weighted by Crippen LogP contribution is 2.42. The van der Waals surface area contributed by atoms with Gasteiger partial charge in [-0.05, 0) is 49.7 Å². The summed E-state index contributed by atoms with van der Waals surface area (Å²) in [6.07, 6.45) is 5.33. The largest absolute Gasteiger partial charge is 0.327 e. The van der Waals surface area contributed by atoms with E-state index in [-0.39, 0.29) is 23.8 Å². The number of carbonyl (C=O) groups excluding carboxylic acids is 2. The van der Waals surface area contributed by atoms with Crippen molar-refractivity contribution in [1.82, 2.24) is 4.98 Å². The third kappa shape index (κ3) is 4.10. The lowest BCUT2D eigenvalue weighted by molar-refractivity contribution is -0.122. The van der Waals surface area contributed by atoms with Crippen molar-refractivity contribution in [2.75, 3.05) is 10.6 Å². The van der Waals surface area contributed by atoms with Gasteiger partial charge in [0.05, 0.1) is 5.69 Å². The standard InChI is InChI=1S/C21H26N4O2S/c1-12(26)23-17-7-5-13(6-8-17)18-11-28-21(24-18)25-20(27)16-9-14-3-2-4-15(10-16)19(14)22/h5-8,11,14-16,19H,2-4,9-10,22H2,1H3,(H,23,26)(H,24,25,27). The maximum atomic E-state index is 12.8. The predicted octanol–water partition coefficient (Wildman–Crippen LogP) is 3.86. The highest BCUT2D eigenvalue weighted by molar-refractivity contribution is 7.14. The Balaban J connectivity index is 1.39. The fourth-order valence-corrected chi connectivity index (χ4v) is 5.32. The quantitative estimate of drug-likeness (QED) is 0.728. The van der Waals surface area contributed by atoms with Crippen molar-refractivity contribution in [3.05, 3.63) is 29.6 Å². The van der Waals surface area contributed by atoms with Crippen LogP contribution in [0.4, 0.5) is 10.8 Å². The van der Waals surface area contributed by atoms with Gasteiger partial charge in [0.15, 0.2) is 5.13 Å². The zero-order valence-electron chi connectivity index (χ0n) is 16.0. The number of aromatic nitrogens is 1. The van der Waals surface area contributed by atoms with E-state index in [4.69, 9.17) is 5.73 Å². The SMILES string of the molecule is CC(=O)Nc1ccc(-c2csc(NC(=O)C3CC4CCCC(C3)C4N)n2)cc1. The average molecular weight is 399 g/mol. The van der Waals surface area contributed by atoms with E-state index in [0.29, 0.717) is 17.0 Å². The van der Waals surface area contributed by atoms with Crippen LogP contribution in [-0.2, 0) is 9.59 Å². The number of carbonyl (C=O) groups is 2. The van der Waals surface area contributed by atoms with Crippen LogP contribution in [0.1, 0.15) is 39.0 Å². The molecule has 2 saturated carbocycles. The van der Waals surface area contributed by atoms with Crippen molar-refractivity contribution in [3.8, 4) is 11.3 Å². The third-order valence-corrected chi connectivity index (χ3v) is 6.78. The Labute approximate surface area is 168 Å². The Morgan fingerprint density at radius 1 is 1.11 bits per heavy atom. The van der Waals surface area contributed by atoms with Crippen LogP contribution in [0.15, 0.2) is 29.6 Å². The molecule has 4 rings (SSSR count). The topological polar surface area (TPSA) is 97.1 Å².